The molecule has 3 atom stereocenters. The van der Waals surface area contributed by atoms with Crippen LogP contribution in [0, 0.1) is 0 Å². The Labute approximate surface area is 169 Å². The molecular formula is C18H24F6N4O2. The molecule has 1 aromatic carbocycles. The Kier molecular flexibility index (Phi) is 7.25. The highest BCUT2D eigenvalue weighted by Crippen LogP contribution is 2.38. The Morgan fingerprint density at radius 1 is 1.23 bits per heavy atom. The highest BCUT2D eigenvalue weighted by Gasteiger charge is 2.38. The van der Waals surface area contributed by atoms with Crippen molar-refractivity contribution in [2.75, 3.05) is 13.2 Å². The predicted octanol–water partition coefficient (Wildman–Crippen LogP) is 3.49. The summed E-state index contributed by atoms with van der Waals surface area (Å²) in [7, 11) is 0. The smallest absolute Gasteiger partial charge is 0.372 e. The largest absolute Gasteiger partial charge is 0.416 e. The van der Waals surface area contributed by atoms with Gasteiger partial charge in [-0.15, -0.1) is 0 Å². The second-order valence-electron chi connectivity index (χ2n) is 7.59. The minimum Gasteiger partial charge on any atom is -0.372 e. The molecule has 30 heavy (non-hydrogen) atoms. The fourth-order valence-electron chi connectivity index (χ4n) is 3.15. The van der Waals surface area contributed by atoms with E-state index in [4.69, 9.17) is 10.6 Å². The lowest BCUT2D eigenvalue weighted by molar-refractivity contribution is -0.143. The van der Waals surface area contributed by atoms with Crippen molar-refractivity contribution in [3.63, 3.8) is 0 Å². The molecule has 1 saturated heterocycles. The second kappa shape index (κ2) is 8.98. The molecule has 1 fully saturated rings. The van der Waals surface area contributed by atoms with E-state index in [0.29, 0.717) is 31.5 Å². The number of benzene rings is 1. The first kappa shape index (κ1) is 24.2. The van der Waals surface area contributed by atoms with Crippen LogP contribution in [-0.2, 0) is 17.1 Å². The maximum atomic E-state index is 13.0. The monoisotopic (exact) mass is 442 g/mol. The molecule has 2 rings (SSSR count). The third kappa shape index (κ3) is 6.47. The van der Waals surface area contributed by atoms with Gasteiger partial charge >= 0.3 is 18.4 Å². The summed E-state index contributed by atoms with van der Waals surface area (Å²) in [6.07, 6.45) is -9.66. The number of carbonyl (C=O) groups excluding carboxylic acids is 1. The van der Waals surface area contributed by atoms with Crippen LogP contribution in [-0.4, -0.2) is 30.8 Å². The Morgan fingerprint density at radius 3 is 2.23 bits per heavy atom. The van der Waals surface area contributed by atoms with Crippen LogP contribution >= 0.6 is 0 Å². The van der Waals surface area contributed by atoms with Crippen molar-refractivity contribution in [1.29, 1.82) is 0 Å². The van der Waals surface area contributed by atoms with Crippen LogP contribution in [0.5, 0.6) is 0 Å². The van der Waals surface area contributed by atoms with Crippen molar-refractivity contribution >= 4 is 6.03 Å². The highest BCUT2D eigenvalue weighted by atomic mass is 19.4. The van der Waals surface area contributed by atoms with Gasteiger partial charge in [0.05, 0.1) is 23.8 Å². The number of hydrogen-bond acceptors (Lipinski definition) is 4. The van der Waals surface area contributed by atoms with Crippen LogP contribution in [0.3, 0.4) is 0 Å². The van der Waals surface area contributed by atoms with Crippen molar-refractivity contribution < 1.29 is 35.9 Å². The maximum absolute atomic E-state index is 13.0. The molecule has 2 amide bonds. The normalized spacial score (nSPS) is 23.7. The van der Waals surface area contributed by atoms with Gasteiger partial charge in [-0.2, -0.15) is 26.3 Å². The molecule has 12 heteroatoms. The van der Waals surface area contributed by atoms with E-state index >= 15 is 0 Å². The van der Waals surface area contributed by atoms with E-state index in [0.717, 1.165) is 0 Å². The number of nitrogens with one attached hydrogen (secondary N) is 3. The molecule has 1 aliphatic heterocycles. The zero-order chi connectivity index (χ0) is 22.7. The van der Waals surface area contributed by atoms with Gasteiger partial charge in [0.25, 0.3) is 0 Å². The number of hydrazine groups is 1. The molecule has 0 bridgehead atoms. The molecular weight excluding hydrogens is 418 g/mol. The van der Waals surface area contributed by atoms with Gasteiger partial charge in [0.15, 0.2) is 0 Å². The van der Waals surface area contributed by atoms with Gasteiger partial charge in [-0.1, -0.05) is 0 Å². The summed E-state index contributed by atoms with van der Waals surface area (Å²) >= 11 is 0. The van der Waals surface area contributed by atoms with E-state index in [1.807, 2.05) is 12.3 Å². The fraction of sp³-hybridized carbons (Fsp3) is 0.611. The number of carbonyl (C=O) groups is 1. The molecule has 0 aliphatic carbocycles. The van der Waals surface area contributed by atoms with Crippen molar-refractivity contribution in [2.24, 2.45) is 5.84 Å². The quantitative estimate of drug-likeness (QED) is 0.243. The number of ether oxygens (including phenoxy) is 1. The van der Waals surface area contributed by atoms with Gasteiger partial charge in [-0.25, -0.2) is 10.6 Å². The summed E-state index contributed by atoms with van der Waals surface area (Å²) in [6, 6.07) is 0.728. The zero-order valence-electron chi connectivity index (χ0n) is 16.4. The fourth-order valence-corrected chi connectivity index (χ4v) is 3.15. The van der Waals surface area contributed by atoms with Crippen LogP contribution in [0.4, 0.5) is 31.1 Å². The molecule has 170 valence electrons. The summed E-state index contributed by atoms with van der Waals surface area (Å²) in [6.45, 7) is 3.69. The minimum absolute atomic E-state index is 0.0571. The van der Waals surface area contributed by atoms with Crippen LogP contribution in [0.2, 0.25) is 0 Å². The first-order valence-corrected chi connectivity index (χ1v) is 9.16. The third-order valence-corrected chi connectivity index (χ3v) is 5.02. The number of urea groups is 1. The third-order valence-electron chi connectivity index (χ3n) is 5.02. The van der Waals surface area contributed by atoms with E-state index in [-0.39, 0.29) is 24.3 Å². The lowest BCUT2D eigenvalue weighted by Gasteiger charge is -2.39. The number of amides is 2. The van der Waals surface area contributed by atoms with Gasteiger partial charge in [-0.3, -0.25) is 5.43 Å². The van der Waals surface area contributed by atoms with Gasteiger partial charge in [-0.05, 0) is 50.5 Å². The lowest BCUT2D eigenvalue weighted by Crippen LogP contribution is -2.58. The number of halogens is 6. The molecule has 0 spiro atoms. The average Bonchev–Trinajstić information content (AvgIpc) is 2.66. The van der Waals surface area contributed by atoms with Gasteiger partial charge in [0.1, 0.15) is 0 Å². The Balaban J connectivity index is 2.06. The Hall–Kier alpha value is -2.05. The number of alkyl halides is 6. The summed E-state index contributed by atoms with van der Waals surface area (Å²) < 4.78 is 83.8. The first-order valence-electron chi connectivity index (χ1n) is 9.16. The molecule has 5 N–H and O–H groups in total. The number of hydrogen-bond donors (Lipinski definition) is 4. The number of rotatable bonds is 5. The minimum atomic E-state index is -4.91. The molecule has 3 unspecified atom stereocenters. The molecule has 1 heterocycles. The lowest BCUT2D eigenvalue weighted by atomic mass is 9.89. The van der Waals surface area contributed by atoms with E-state index in [2.05, 4.69) is 10.6 Å². The van der Waals surface area contributed by atoms with Gasteiger partial charge in [0, 0.05) is 18.1 Å². The molecule has 1 aromatic rings. The first-order chi connectivity index (χ1) is 13.7. The predicted molar refractivity (Wildman–Crippen MR) is 96.1 cm³/mol. The summed E-state index contributed by atoms with van der Waals surface area (Å²) in [4.78, 5) is 11.2. The Morgan fingerprint density at radius 2 is 1.80 bits per heavy atom. The molecule has 0 saturated carbocycles. The van der Waals surface area contributed by atoms with E-state index in [9.17, 15) is 31.1 Å². The topological polar surface area (TPSA) is 88.4 Å². The van der Waals surface area contributed by atoms with Crippen molar-refractivity contribution in [3.8, 4) is 0 Å². The van der Waals surface area contributed by atoms with Crippen molar-refractivity contribution in [1.82, 2.24) is 16.1 Å². The molecule has 0 radical (unpaired) electrons. The van der Waals surface area contributed by atoms with Crippen LogP contribution in [0.15, 0.2) is 18.2 Å². The van der Waals surface area contributed by atoms with Crippen LogP contribution in [0.25, 0.3) is 0 Å². The van der Waals surface area contributed by atoms with Gasteiger partial charge < -0.3 is 15.4 Å². The standard InChI is InChI=1S/C18H24F6N4O2/c1-10(11-5-12(17(19,20)21)7-13(6-11)18(22,23)24)30-9-16(2)4-3-14(8-26-16)27-15(29)28-25/h5-7,10,14,26H,3-4,8-9,25H2,1-2H3,(H2,27,28,29). The summed E-state index contributed by atoms with van der Waals surface area (Å²) in [5.74, 6) is 5.01. The van der Waals surface area contributed by atoms with Crippen molar-refractivity contribution in [2.45, 2.75) is 56.7 Å². The summed E-state index contributed by atoms with van der Waals surface area (Å²) in [5, 5.41) is 5.83. The maximum Gasteiger partial charge on any atom is 0.416 e. The second-order valence-corrected chi connectivity index (χ2v) is 7.59. The molecule has 0 aromatic heterocycles. The number of nitrogens with two attached hydrogens (primary N) is 1. The highest BCUT2D eigenvalue weighted by molar-refractivity contribution is 5.73. The van der Waals surface area contributed by atoms with Crippen LogP contribution < -0.4 is 21.9 Å². The molecule has 6 nitrogen and oxygen atoms in total. The van der Waals surface area contributed by atoms with E-state index in [1.54, 1.807) is 0 Å². The van der Waals surface area contributed by atoms with Gasteiger partial charge in [0.2, 0.25) is 0 Å². The Bertz CT molecular complexity index is 713. The SMILES string of the molecule is CC(OCC1(C)CCC(NC(=O)NN)CN1)c1cc(C(F)(F)F)cc(C(F)(F)F)c1. The zero-order valence-corrected chi connectivity index (χ0v) is 16.4. The molecule has 1 aliphatic rings. The summed E-state index contributed by atoms with van der Waals surface area (Å²) in [5.41, 5.74) is -1.56. The van der Waals surface area contributed by atoms with Crippen LogP contribution in [0.1, 0.15) is 49.5 Å². The van der Waals surface area contributed by atoms with E-state index in [1.165, 1.54) is 6.92 Å². The number of piperidine rings is 1. The van der Waals surface area contributed by atoms with Crippen molar-refractivity contribution in [3.05, 3.63) is 34.9 Å². The average molecular weight is 442 g/mol. The van der Waals surface area contributed by atoms with E-state index < -0.39 is 41.2 Å².